The maximum Gasteiger partial charge on any atom is 0.115 e. The summed E-state index contributed by atoms with van der Waals surface area (Å²) in [5.41, 5.74) is 2.60. The van der Waals surface area contributed by atoms with Gasteiger partial charge in [-0.25, -0.2) is 9.97 Å². The zero-order chi connectivity index (χ0) is 12.0. The average molecular weight is 220 g/mol. The monoisotopic (exact) mass is 220 g/mol. The number of nitrogens with zero attached hydrogens (tertiary/aromatic N) is 2. The van der Waals surface area contributed by atoms with Crippen molar-refractivity contribution in [2.45, 2.75) is 53.4 Å². The average Bonchev–Trinajstić information content (AvgIpc) is 2.24. The molecule has 0 radical (unpaired) electrons. The van der Waals surface area contributed by atoms with E-state index >= 15 is 0 Å². The van der Waals surface area contributed by atoms with Crippen LogP contribution in [-0.2, 0) is 12.8 Å². The van der Waals surface area contributed by atoms with Crippen molar-refractivity contribution in [2.24, 2.45) is 11.8 Å². The lowest BCUT2D eigenvalue weighted by atomic mass is 9.99. The molecule has 90 valence electrons. The van der Waals surface area contributed by atoms with Crippen molar-refractivity contribution in [3.63, 3.8) is 0 Å². The van der Waals surface area contributed by atoms with Crippen molar-refractivity contribution in [1.29, 1.82) is 0 Å². The van der Waals surface area contributed by atoms with E-state index in [0.717, 1.165) is 24.7 Å². The van der Waals surface area contributed by atoms with E-state index in [1.807, 2.05) is 6.20 Å². The summed E-state index contributed by atoms with van der Waals surface area (Å²) in [5.74, 6) is 1.49. The third-order valence-electron chi connectivity index (χ3n) is 2.83. The lowest BCUT2D eigenvalue weighted by Gasteiger charge is -2.10. The predicted octanol–water partition coefficient (Wildman–Crippen LogP) is 3.65. The molecule has 0 aliphatic heterocycles. The quantitative estimate of drug-likeness (QED) is 0.731. The molecule has 2 heteroatoms. The second-order valence-electron chi connectivity index (χ2n) is 5.36. The van der Waals surface area contributed by atoms with Crippen LogP contribution < -0.4 is 0 Å². The van der Waals surface area contributed by atoms with Crippen LogP contribution in [-0.4, -0.2) is 9.97 Å². The molecular weight excluding hydrogens is 196 g/mol. The minimum absolute atomic E-state index is 0.743. The van der Waals surface area contributed by atoms with E-state index in [2.05, 4.69) is 37.7 Å². The lowest BCUT2D eigenvalue weighted by molar-refractivity contribution is 0.564. The first-order valence-electron chi connectivity index (χ1n) is 6.37. The van der Waals surface area contributed by atoms with Crippen molar-refractivity contribution in [3.05, 3.63) is 23.8 Å². The highest BCUT2D eigenvalue weighted by molar-refractivity contribution is 5.16. The molecule has 0 atom stereocenters. The van der Waals surface area contributed by atoms with Gasteiger partial charge in [-0.1, -0.05) is 27.7 Å². The molecule has 2 nitrogen and oxygen atoms in total. The number of rotatable bonds is 6. The minimum atomic E-state index is 0.743. The Labute approximate surface area is 99.5 Å². The maximum atomic E-state index is 4.42. The molecule has 0 spiro atoms. The second kappa shape index (κ2) is 6.62. The number of aromatic nitrogens is 2. The van der Waals surface area contributed by atoms with Crippen LogP contribution in [0.2, 0.25) is 0 Å². The van der Waals surface area contributed by atoms with Gasteiger partial charge in [0.1, 0.15) is 6.33 Å². The molecule has 0 fully saturated rings. The highest BCUT2D eigenvalue weighted by Gasteiger charge is 2.06. The van der Waals surface area contributed by atoms with Gasteiger partial charge in [-0.05, 0) is 43.1 Å². The van der Waals surface area contributed by atoms with Gasteiger partial charge in [-0.15, -0.1) is 0 Å². The van der Waals surface area contributed by atoms with Crippen LogP contribution in [0.4, 0.5) is 0 Å². The highest BCUT2D eigenvalue weighted by atomic mass is 14.8. The first-order valence-corrected chi connectivity index (χ1v) is 6.37. The Kier molecular flexibility index (Phi) is 5.44. The predicted molar refractivity (Wildman–Crippen MR) is 68.4 cm³/mol. The van der Waals surface area contributed by atoms with Gasteiger partial charge in [-0.2, -0.15) is 0 Å². The normalized spacial score (nSPS) is 11.4. The lowest BCUT2D eigenvalue weighted by Crippen LogP contribution is -2.03. The van der Waals surface area contributed by atoms with Gasteiger partial charge < -0.3 is 0 Å². The molecule has 0 saturated heterocycles. The largest absolute Gasteiger partial charge is 0.245 e. The van der Waals surface area contributed by atoms with Crippen molar-refractivity contribution < 1.29 is 0 Å². The van der Waals surface area contributed by atoms with Gasteiger partial charge in [-0.3, -0.25) is 0 Å². The fraction of sp³-hybridized carbons (Fsp3) is 0.714. The topological polar surface area (TPSA) is 25.8 Å². The van der Waals surface area contributed by atoms with Crippen molar-refractivity contribution >= 4 is 0 Å². The van der Waals surface area contributed by atoms with Crippen LogP contribution in [0.5, 0.6) is 0 Å². The molecule has 16 heavy (non-hydrogen) atoms. The fourth-order valence-corrected chi connectivity index (χ4v) is 1.69. The third kappa shape index (κ3) is 4.73. The van der Waals surface area contributed by atoms with E-state index in [-0.39, 0.29) is 0 Å². The van der Waals surface area contributed by atoms with Crippen LogP contribution in [0.15, 0.2) is 12.5 Å². The molecule has 1 rings (SSSR count). The van der Waals surface area contributed by atoms with E-state index in [9.17, 15) is 0 Å². The van der Waals surface area contributed by atoms with E-state index in [4.69, 9.17) is 0 Å². The summed E-state index contributed by atoms with van der Waals surface area (Å²) in [6, 6.07) is 0. The first kappa shape index (κ1) is 13.1. The Morgan fingerprint density at radius 2 is 1.62 bits per heavy atom. The Hall–Kier alpha value is -0.920. The molecule has 0 N–H and O–H groups in total. The number of hydrogen-bond acceptors (Lipinski definition) is 2. The van der Waals surface area contributed by atoms with Gasteiger partial charge in [0.15, 0.2) is 0 Å². The Balaban J connectivity index is 2.60. The summed E-state index contributed by atoms with van der Waals surface area (Å²) < 4.78 is 0. The summed E-state index contributed by atoms with van der Waals surface area (Å²) in [6.45, 7) is 9.04. The van der Waals surface area contributed by atoms with Crippen molar-refractivity contribution in [2.75, 3.05) is 0 Å². The maximum absolute atomic E-state index is 4.42. The Morgan fingerprint density at radius 1 is 1.00 bits per heavy atom. The Bertz CT molecular complexity index is 274. The third-order valence-corrected chi connectivity index (χ3v) is 2.83. The molecular formula is C14H24N2. The molecule has 1 aromatic rings. The smallest absolute Gasteiger partial charge is 0.115 e. The highest BCUT2D eigenvalue weighted by Crippen LogP contribution is 2.14. The molecule has 0 saturated carbocycles. The van der Waals surface area contributed by atoms with Crippen LogP contribution in [0.1, 0.15) is 51.8 Å². The molecule has 0 aromatic carbocycles. The summed E-state index contributed by atoms with van der Waals surface area (Å²) in [6.07, 6.45) is 8.31. The molecule has 0 aliphatic carbocycles. The van der Waals surface area contributed by atoms with E-state index in [1.165, 1.54) is 24.1 Å². The van der Waals surface area contributed by atoms with Gasteiger partial charge >= 0.3 is 0 Å². The summed E-state index contributed by atoms with van der Waals surface area (Å²) in [5, 5.41) is 0. The summed E-state index contributed by atoms with van der Waals surface area (Å²) >= 11 is 0. The SMILES string of the molecule is CC(C)CCc1cncnc1CCC(C)C. The summed E-state index contributed by atoms with van der Waals surface area (Å²) in [4.78, 5) is 8.56. The van der Waals surface area contributed by atoms with Crippen LogP contribution >= 0.6 is 0 Å². The van der Waals surface area contributed by atoms with Crippen LogP contribution in [0.25, 0.3) is 0 Å². The zero-order valence-electron chi connectivity index (χ0n) is 11.0. The molecule has 0 amide bonds. The standard InChI is InChI=1S/C14H24N2/c1-11(2)5-7-13-9-15-10-16-14(13)8-6-12(3)4/h9-12H,5-8H2,1-4H3. The van der Waals surface area contributed by atoms with E-state index in [1.54, 1.807) is 6.33 Å². The van der Waals surface area contributed by atoms with Crippen molar-refractivity contribution in [1.82, 2.24) is 9.97 Å². The Morgan fingerprint density at radius 3 is 2.25 bits per heavy atom. The van der Waals surface area contributed by atoms with Crippen LogP contribution in [0, 0.1) is 11.8 Å². The molecule has 0 aliphatic rings. The number of hydrogen-bond donors (Lipinski definition) is 0. The number of aryl methyl sites for hydroxylation is 2. The second-order valence-corrected chi connectivity index (χ2v) is 5.36. The fourth-order valence-electron chi connectivity index (χ4n) is 1.69. The first-order chi connectivity index (χ1) is 7.59. The molecule has 1 aromatic heterocycles. The van der Waals surface area contributed by atoms with E-state index in [0.29, 0.717) is 0 Å². The van der Waals surface area contributed by atoms with Crippen LogP contribution in [0.3, 0.4) is 0 Å². The molecule has 0 bridgehead atoms. The van der Waals surface area contributed by atoms with Gasteiger partial charge in [0.2, 0.25) is 0 Å². The summed E-state index contributed by atoms with van der Waals surface area (Å²) in [7, 11) is 0. The van der Waals surface area contributed by atoms with Gasteiger partial charge in [0, 0.05) is 11.9 Å². The molecule has 0 unspecified atom stereocenters. The van der Waals surface area contributed by atoms with Gasteiger partial charge in [0.05, 0.1) is 0 Å². The van der Waals surface area contributed by atoms with E-state index < -0.39 is 0 Å². The van der Waals surface area contributed by atoms with Gasteiger partial charge in [0.25, 0.3) is 0 Å². The zero-order valence-corrected chi connectivity index (χ0v) is 11.0. The molecule has 1 heterocycles. The van der Waals surface area contributed by atoms with Crippen molar-refractivity contribution in [3.8, 4) is 0 Å². The minimum Gasteiger partial charge on any atom is -0.245 e.